The molecule has 1 aliphatic rings. The lowest BCUT2D eigenvalue weighted by atomic mass is 10.3. The van der Waals surface area contributed by atoms with Gasteiger partial charge in [-0.2, -0.15) is 16.7 Å². The smallest absolute Gasteiger partial charge is 0.234 e. The van der Waals surface area contributed by atoms with Crippen molar-refractivity contribution >= 4 is 29.3 Å². The third-order valence-corrected chi connectivity index (χ3v) is 4.74. The van der Waals surface area contributed by atoms with Crippen LogP contribution in [0.1, 0.15) is 23.9 Å². The third-order valence-electron chi connectivity index (χ3n) is 1.99. The normalized spacial score (nSPS) is 21.5. The minimum atomic E-state index is 0.0517. The summed E-state index contributed by atoms with van der Waals surface area (Å²) in [6.07, 6.45) is 0.248. The molecule has 0 aliphatic carbocycles. The van der Waals surface area contributed by atoms with E-state index in [1.54, 1.807) is 0 Å². The molecular formula is C9H12N2O2S2. The first-order valence-corrected chi connectivity index (χ1v) is 6.97. The molecule has 1 saturated heterocycles. The Kier molecular flexibility index (Phi) is 3.69. The van der Waals surface area contributed by atoms with Crippen molar-refractivity contribution in [2.45, 2.75) is 18.6 Å². The molecule has 0 saturated carbocycles. The van der Waals surface area contributed by atoms with E-state index in [2.05, 4.69) is 10.1 Å². The molecule has 1 aromatic rings. The molecule has 1 atom stereocenters. The zero-order valence-electron chi connectivity index (χ0n) is 8.43. The van der Waals surface area contributed by atoms with Crippen LogP contribution < -0.4 is 0 Å². The molecule has 1 aliphatic heterocycles. The summed E-state index contributed by atoms with van der Waals surface area (Å²) in [6.45, 7) is 1.52. The molecular weight excluding hydrogens is 232 g/mol. The monoisotopic (exact) mass is 244 g/mol. The number of rotatable bonds is 3. The lowest BCUT2D eigenvalue weighted by Gasteiger charge is -2.16. The van der Waals surface area contributed by atoms with Crippen LogP contribution in [0.3, 0.4) is 0 Å². The van der Waals surface area contributed by atoms with Crippen molar-refractivity contribution in [3.8, 4) is 0 Å². The first-order valence-electron chi connectivity index (χ1n) is 4.77. The molecule has 0 aromatic carbocycles. The number of nitrogens with zero attached hydrogens (tertiary/aromatic N) is 2. The molecule has 4 nitrogen and oxygen atoms in total. The van der Waals surface area contributed by atoms with E-state index >= 15 is 0 Å². The summed E-state index contributed by atoms with van der Waals surface area (Å²) in [7, 11) is 0. The maximum atomic E-state index is 10.9. The summed E-state index contributed by atoms with van der Waals surface area (Å²) in [4.78, 5) is 15.1. The lowest BCUT2D eigenvalue weighted by molar-refractivity contribution is -0.116. The summed E-state index contributed by atoms with van der Waals surface area (Å²) in [5.41, 5.74) is 0. The largest absolute Gasteiger partial charge is 0.339 e. The predicted molar refractivity (Wildman–Crippen MR) is 61.2 cm³/mol. The standard InChI is InChI=1S/C9H12N2O2S2/c1-6(12)4-8-10-9(11-13-8)7-5-14-2-3-15-7/h7H,2-5H2,1H3. The van der Waals surface area contributed by atoms with Gasteiger partial charge in [-0.25, -0.2) is 0 Å². The van der Waals surface area contributed by atoms with Crippen molar-refractivity contribution in [3.05, 3.63) is 11.7 Å². The second-order valence-corrected chi connectivity index (χ2v) is 5.82. The highest BCUT2D eigenvalue weighted by atomic mass is 32.2. The van der Waals surface area contributed by atoms with Crippen LogP contribution in [0, 0.1) is 0 Å². The van der Waals surface area contributed by atoms with Crippen molar-refractivity contribution in [1.29, 1.82) is 0 Å². The van der Waals surface area contributed by atoms with E-state index in [-0.39, 0.29) is 12.2 Å². The Morgan fingerprint density at radius 3 is 3.13 bits per heavy atom. The predicted octanol–water partition coefficient (Wildman–Crippen LogP) is 1.72. The number of carbonyl (C=O) groups is 1. The minimum absolute atomic E-state index is 0.0517. The van der Waals surface area contributed by atoms with Gasteiger partial charge in [0.25, 0.3) is 0 Å². The molecule has 1 fully saturated rings. The van der Waals surface area contributed by atoms with Gasteiger partial charge in [0.1, 0.15) is 5.78 Å². The average Bonchev–Trinajstić information content (AvgIpc) is 2.67. The first kappa shape index (κ1) is 11.0. The van der Waals surface area contributed by atoms with Crippen molar-refractivity contribution in [2.24, 2.45) is 0 Å². The molecule has 0 bridgehead atoms. The Morgan fingerprint density at radius 2 is 2.47 bits per heavy atom. The van der Waals surface area contributed by atoms with E-state index in [1.165, 1.54) is 12.7 Å². The van der Waals surface area contributed by atoms with E-state index in [0.717, 1.165) is 17.3 Å². The zero-order valence-corrected chi connectivity index (χ0v) is 10.1. The van der Waals surface area contributed by atoms with Gasteiger partial charge in [0, 0.05) is 17.3 Å². The van der Waals surface area contributed by atoms with E-state index in [0.29, 0.717) is 11.1 Å². The molecule has 1 unspecified atom stereocenters. The lowest BCUT2D eigenvalue weighted by Crippen LogP contribution is -2.08. The number of hydrogen-bond acceptors (Lipinski definition) is 6. The Labute approximate surface area is 96.6 Å². The summed E-state index contributed by atoms with van der Waals surface area (Å²) < 4.78 is 5.02. The molecule has 82 valence electrons. The fourth-order valence-corrected chi connectivity index (χ4v) is 3.91. The number of Topliss-reactive ketones (excluding diaryl/α,β-unsaturated/α-hetero) is 1. The van der Waals surface area contributed by atoms with Crippen molar-refractivity contribution in [1.82, 2.24) is 10.1 Å². The fourth-order valence-electron chi connectivity index (χ4n) is 1.32. The van der Waals surface area contributed by atoms with E-state index in [1.807, 2.05) is 23.5 Å². The second kappa shape index (κ2) is 5.03. The Bertz CT molecular complexity index is 348. The van der Waals surface area contributed by atoms with Gasteiger partial charge in [-0.1, -0.05) is 5.16 Å². The van der Waals surface area contributed by atoms with Crippen molar-refractivity contribution in [3.63, 3.8) is 0 Å². The fraction of sp³-hybridized carbons (Fsp3) is 0.667. The van der Waals surface area contributed by atoms with Gasteiger partial charge in [-0.15, -0.1) is 11.8 Å². The second-order valence-electron chi connectivity index (χ2n) is 3.36. The summed E-state index contributed by atoms with van der Waals surface area (Å²) >= 11 is 3.77. The molecule has 15 heavy (non-hydrogen) atoms. The highest BCUT2D eigenvalue weighted by Gasteiger charge is 2.21. The number of ketones is 1. The van der Waals surface area contributed by atoms with Gasteiger partial charge in [0.2, 0.25) is 5.89 Å². The van der Waals surface area contributed by atoms with Gasteiger partial charge in [-0.05, 0) is 6.92 Å². The van der Waals surface area contributed by atoms with Crippen LogP contribution >= 0.6 is 23.5 Å². The van der Waals surface area contributed by atoms with E-state index in [4.69, 9.17) is 4.52 Å². The third kappa shape index (κ3) is 2.98. The van der Waals surface area contributed by atoms with Crippen molar-refractivity contribution in [2.75, 3.05) is 17.3 Å². The van der Waals surface area contributed by atoms with Crippen LogP contribution in [0.5, 0.6) is 0 Å². The average molecular weight is 244 g/mol. The number of aromatic nitrogens is 2. The minimum Gasteiger partial charge on any atom is -0.339 e. The van der Waals surface area contributed by atoms with E-state index in [9.17, 15) is 4.79 Å². The Morgan fingerprint density at radius 1 is 1.60 bits per heavy atom. The molecule has 6 heteroatoms. The maximum absolute atomic E-state index is 10.9. The number of thioether (sulfide) groups is 2. The van der Waals surface area contributed by atoms with Crippen LogP contribution in [-0.4, -0.2) is 33.2 Å². The Balaban J connectivity index is 2.02. The van der Waals surface area contributed by atoms with Gasteiger partial charge < -0.3 is 4.52 Å². The van der Waals surface area contributed by atoms with Gasteiger partial charge in [0.15, 0.2) is 5.82 Å². The molecule has 1 aromatic heterocycles. The van der Waals surface area contributed by atoms with Crippen LogP contribution in [0.25, 0.3) is 0 Å². The number of carbonyl (C=O) groups excluding carboxylic acids is 1. The molecule has 2 heterocycles. The molecule has 0 spiro atoms. The first-order chi connectivity index (χ1) is 7.25. The maximum Gasteiger partial charge on any atom is 0.234 e. The van der Waals surface area contributed by atoms with Crippen LogP contribution in [0.4, 0.5) is 0 Å². The molecule has 2 rings (SSSR count). The van der Waals surface area contributed by atoms with Gasteiger partial charge in [-0.3, -0.25) is 4.79 Å². The summed E-state index contributed by atoms with van der Waals surface area (Å²) in [5, 5.41) is 4.25. The molecule has 0 N–H and O–H groups in total. The molecule has 0 radical (unpaired) electrons. The highest BCUT2D eigenvalue weighted by Crippen LogP contribution is 2.35. The topological polar surface area (TPSA) is 56.0 Å². The van der Waals surface area contributed by atoms with Crippen LogP contribution in [-0.2, 0) is 11.2 Å². The van der Waals surface area contributed by atoms with Crippen LogP contribution in [0.15, 0.2) is 4.52 Å². The SMILES string of the molecule is CC(=O)Cc1nc(C2CSCCS2)no1. The quantitative estimate of drug-likeness (QED) is 0.807. The summed E-state index contributed by atoms with van der Waals surface area (Å²) in [6, 6.07) is 0. The van der Waals surface area contributed by atoms with Gasteiger partial charge in [0.05, 0.1) is 11.7 Å². The number of hydrogen-bond donors (Lipinski definition) is 0. The zero-order chi connectivity index (χ0) is 10.7. The van der Waals surface area contributed by atoms with Gasteiger partial charge >= 0.3 is 0 Å². The highest BCUT2D eigenvalue weighted by molar-refractivity contribution is 8.06. The summed E-state index contributed by atoms with van der Waals surface area (Å²) in [5.74, 6) is 4.59. The molecule has 0 amide bonds. The van der Waals surface area contributed by atoms with E-state index < -0.39 is 0 Å². The Hall–Kier alpha value is -0.490. The van der Waals surface area contributed by atoms with Crippen molar-refractivity contribution < 1.29 is 9.32 Å². The van der Waals surface area contributed by atoms with Crippen LogP contribution in [0.2, 0.25) is 0 Å².